The number of nitrogens with one attached hydrogen (secondary N) is 2. The first kappa shape index (κ1) is 26.4. The van der Waals surface area contributed by atoms with Gasteiger partial charge in [-0.1, -0.05) is 11.3 Å². The lowest BCUT2D eigenvalue weighted by molar-refractivity contribution is -0.0760. The Morgan fingerprint density at radius 2 is 1.87 bits per heavy atom. The summed E-state index contributed by atoms with van der Waals surface area (Å²) < 4.78 is 48.8. The zero-order valence-electron chi connectivity index (χ0n) is 21.0. The summed E-state index contributed by atoms with van der Waals surface area (Å²) in [5.74, 6) is -3.08. The molecule has 4 fully saturated rings. The number of urea groups is 1. The normalized spacial score (nSPS) is 26.1. The number of likely N-dealkylation sites (N-methyl/N-ethyl adjacent to an activating group) is 1. The Balaban J connectivity index is 1.23. The molecule has 2 aromatic heterocycles. The van der Waals surface area contributed by atoms with Crippen LogP contribution in [0.5, 0.6) is 5.88 Å². The van der Waals surface area contributed by atoms with E-state index in [2.05, 4.69) is 30.5 Å². The second kappa shape index (κ2) is 10.2. The predicted octanol–water partition coefficient (Wildman–Crippen LogP) is 3.09. The molecule has 206 valence electrons. The number of aromatic nitrogens is 3. The van der Waals surface area contributed by atoms with E-state index in [1.54, 1.807) is 0 Å². The fourth-order valence-corrected chi connectivity index (χ4v) is 5.80. The fourth-order valence-electron chi connectivity index (χ4n) is 5.12. The van der Waals surface area contributed by atoms with Crippen molar-refractivity contribution in [3.05, 3.63) is 23.1 Å². The third-order valence-corrected chi connectivity index (χ3v) is 8.38. The predicted molar refractivity (Wildman–Crippen MR) is 133 cm³/mol. The molecule has 4 aliphatic heterocycles. The van der Waals surface area contributed by atoms with Crippen molar-refractivity contribution in [2.75, 3.05) is 50.0 Å². The van der Waals surface area contributed by atoms with E-state index in [0.717, 1.165) is 43.8 Å². The molecule has 15 heteroatoms. The molecular formula is C23H29F3N8O3S. The number of piperidine rings is 4. The van der Waals surface area contributed by atoms with E-state index in [9.17, 15) is 22.8 Å². The molecule has 6 rings (SSSR count). The highest BCUT2D eigenvalue weighted by atomic mass is 32.1. The van der Waals surface area contributed by atoms with Crippen LogP contribution in [-0.4, -0.2) is 94.2 Å². The number of rotatable bonds is 5. The second-order valence-electron chi connectivity index (χ2n) is 9.97. The number of fused-ring (bicyclic) bond motifs is 3. The Bertz CT molecular complexity index is 1170. The molecule has 0 radical (unpaired) electrons. The first-order chi connectivity index (χ1) is 18.0. The molecule has 11 nitrogen and oxygen atoms in total. The Hall–Kier alpha value is -3.20. The zero-order valence-corrected chi connectivity index (χ0v) is 21.9. The number of aryl methyl sites for hydroxylation is 1. The topological polar surface area (TPSA) is 116 Å². The van der Waals surface area contributed by atoms with Gasteiger partial charge in [-0.15, -0.1) is 0 Å². The maximum Gasteiger partial charge on any atom is 0.414 e. The molecule has 0 saturated carbocycles. The Kier molecular flexibility index (Phi) is 7.07. The van der Waals surface area contributed by atoms with Crippen molar-refractivity contribution in [1.29, 1.82) is 0 Å². The molecule has 4 saturated heterocycles. The van der Waals surface area contributed by atoms with Crippen molar-refractivity contribution in [1.82, 2.24) is 30.1 Å². The average Bonchev–Trinajstić information content (AvgIpc) is 3.20. The maximum absolute atomic E-state index is 14.9. The molecule has 6 heterocycles. The summed E-state index contributed by atoms with van der Waals surface area (Å²) in [5, 5.41) is 4.79. The van der Waals surface area contributed by atoms with Crippen LogP contribution in [0.25, 0.3) is 0 Å². The van der Waals surface area contributed by atoms with Gasteiger partial charge < -0.3 is 24.8 Å². The van der Waals surface area contributed by atoms with Crippen LogP contribution in [0.2, 0.25) is 0 Å². The van der Waals surface area contributed by atoms with Crippen molar-refractivity contribution < 1.29 is 27.5 Å². The number of ether oxygens (including phenoxy) is 1. The molecule has 3 amide bonds. The third kappa shape index (κ3) is 5.48. The van der Waals surface area contributed by atoms with E-state index in [1.165, 1.54) is 31.1 Å². The van der Waals surface area contributed by atoms with Gasteiger partial charge in [0, 0.05) is 64.0 Å². The van der Waals surface area contributed by atoms with Gasteiger partial charge in [0.25, 0.3) is 5.92 Å². The van der Waals surface area contributed by atoms with E-state index in [0.29, 0.717) is 11.3 Å². The molecule has 0 aliphatic carbocycles. The van der Waals surface area contributed by atoms with Gasteiger partial charge in [-0.2, -0.15) is 9.37 Å². The van der Waals surface area contributed by atoms with Gasteiger partial charge in [-0.25, -0.2) is 28.3 Å². The maximum atomic E-state index is 14.9. The molecule has 2 N–H and O–H groups in total. The summed E-state index contributed by atoms with van der Waals surface area (Å²) in [5.41, 5.74) is -0.166. The molecule has 0 unspecified atom stereocenters. The molecule has 38 heavy (non-hydrogen) atoms. The number of halogens is 3. The number of thiazole rings is 1. The molecule has 1 atom stereocenters. The molecule has 2 aromatic rings. The summed E-state index contributed by atoms with van der Waals surface area (Å²) in [6.07, 6.45) is 2.81. The lowest BCUT2D eigenvalue weighted by atomic mass is 9.80. The summed E-state index contributed by atoms with van der Waals surface area (Å²) in [6, 6.07) is -0.933. The average molecular weight is 555 g/mol. The number of hydrogen-bond donors (Lipinski definition) is 2. The van der Waals surface area contributed by atoms with Gasteiger partial charge in [0.05, 0.1) is 5.69 Å². The van der Waals surface area contributed by atoms with E-state index < -0.39 is 35.6 Å². The molecule has 0 aromatic carbocycles. The van der Waals surface area contributed by atoms with Gasteiger partial charge >= 0.3 is 12.1 Å². The zero-order chi connectivity index (χ0) is 27.1. The smallest absolute Gasteiger partial charge is 0.391 e. The molecule has 0 spiro atoms. The van der Waals surface area contributed by atoms with Crippen LogP contribution >= 0.6 is 11.3 Å². The van der Waals surface area contributed by atoms with Crippen LogP contribution in [0, 0.1) is 12.1 Å². The quantitative estimate of drug-likeness (QED) is 0.580. The van der Waals surface area contributed by atoms with Gasteiger partial charge in [0.15, 0.2) is 5.13 Å². The van der Waals surface area contributed by atoms with Crippen LogP contribution in [0.3, 0.4) is 0 Å². The Morgan fingerprint density at radius 1 is 1.16 bits per heavy atom. The second-order valence-corrected chi connectivity index (χ2v) is 10.9. The number of alkyl halides is 2. The Morgan fingerprint density at radius 3 is 2.53 bits per heavy atom. The number of carbonyl (C=O) groups excluding carboxylic acids is 2. The van der Waals surface area contributed by atoms with Crippen LogP contribution in [-0.2, 0) is 0 Å². The highest BCUT2D eigenvalue weighted by Gasteiger charge is 2.48. The first-order valence-corrected chi connectivity index (χ1v) is 13.2. The molecule has 2 bridgehead atoms. The van der Waals surface area contributed by atoms with E-state index in [-0.39, 0.29) is 41.3 Å². The van der Waals surface area contributed by atoms with Crippen molar-refractivity contribution in [3.63, 3.8) is 0 Å². The SMILES string of the molecule is Cc1nc(NC(=O)N(C)[C@H]2CN(c3nccc(OC(=O)NC45CCN(CC4)CC5)n3)CCC2(F)F)sc1F. The van der Waals surface area contributed by atoms with Gasteiger partial charge in [0.1, 0.15) is 6.04 Å². The third-order valence-electron chi connectivity index (χ3n) is 7.52. The van der Waals surface area contributed by atoms with Crippen molar-refractivity contribution in [3.8, 4) is 5.88 Å². The lowest BCUT2D eigenvalue weighted by Gasteiger charge is -2.48. The van der Waals surface area contributed by atoms with Crippen molar-refractivity contribution in [2.24, 2.45) is 0 Å². The van der Waals surface area contributed by atoms with Crippen LogP contribution < -0.4 is 20.3 Å². The van der Waals surface area contributed by atoms with E-state index in [4.69, 9.17) is 4.74 Å². The summed E-state index contributed by atoms with van der Waals surface area (Å²) in [7, 11) is 1.24. The summed E-state index contributed by atoms with van der Waals surface area (Å²) in [6.45, 7) is 3.92. The lowest BCUT2D eigenvalue weighted by Crippen LogP contribution is -2.61. The van der Waals surface area contributed by atoms with Gasteiger partial charge in [-0.05, 0) is 26.2 Å². The van der Waals surface area contributed by atoms with Gasteiger partial charge in [-0.3, -0.25) is 5.32 Å². The van der Waals surface area contributed by atoms with Crippen molar-refractivity contribution in [2.45, 2.75) is 50.1 Å². The first-order valence-electron chi connectivity index (χ1n) is 12.4. The van der Waals surface area contributed by atoms with Crippen LogP contribution in [0.1, 0.15) is 31.4 Å². The molecule has 4 aliphatic rings. The number of nitrogens with zero attached hydrogens (tertiary/aromatic N) is 6. The largest absolute Gasteiger partial charge is 0.414 e. The highest BCUT2D eigenvalue weighted by molar-refractivity contribution is 7.14. The highest BCUT2D eigenvalue weighted by Crippen LogP contribution is 2.34. The number of hydrogen-bond acceptors (Lipinski definition) is 9. The number of amides is 3. The van der Waals surface area contributed by atoms with Crippen LogP contribution in [0.15, 0.2) is 12.3 Å². The van der Waals surface area contributed by atoms with Gasteiger partial charge in [0.2, 0.25) is 17.0 Å². The summed E-state index contributed by atoms with van der Waals surface area (Å²) in [4.78, 5) is 42.4. The minimum Gasteiger partial charge on any atom is -0.391 e. The minimum absolute atomic E-state index is 0.00158. The monoisotopic (exact) mass is 554 g/mol. The Labute approximate surface area is 221 Å². The fraction of sp³-hybridized carbons (Fsp3) is 0.609. The molecular weight excluding hydrogens is 525 g/mol. The van der Waals surface area contributed by atoms with E-state index in [1.807, 2.05) is 0 Å². The van der Waals surface area contributed by atoms with Crippen molar-refractivity contribution >= 4 is 34.5 Å². The summed E-state index contributed by atoms with van der Waals surface area (Å²) >= 11 is 0.622. The standard InChI is InChI=1S/C23H29F3N8O3S/c1-14-17(24)38-19(28-14)30-20(35)32(2)15-13-34(12-7-23(15,25)26)18-27-8-3-16(29-18)37-21(36)31-22-4-9-33(10-5-22)11-6-22/h3,8,15H,4-7,9-13H2,1-2H3,(H,31,36)(H,28,30,35)/t15-/m0/s1. The van der Waals surface area contributed by atoms with E-state index >= 15 is 0 Å². The number of carbonyl (C=O) groups is 2. The minimum atomic E-state index is -3.19. The van der Waals surface area contributed by atoms with Crippen LogP contribution in [0.4, 0.5) is 33.8 Å². The number of anilines is 2.